The summed E-state index contributed by atoms with van der Waals surface area (Å²) in [6.07, 6.45) is 12.7. The number of rotatable bonds is 12. The third-order valence-corrected chi connectivity index (χ3v) is 6.38. The van der Waals surface area contributed by atoms with Crippen LogP contribution in [0.15, 0.2) is 66.4 Å². The second-order valence-corrected chi connectivity index (χ2v) is 9.13. The summed E-state index contributed by atoms with van der Waals surface area (Å²) in [6.45, 7) is 15.0. The number of aliphatic imine (C=N–C) groups is 1. The lowest BCUT2D eigenvalue weighted by atomic mass is 10.1. The normalized spacial score (nSPS) is 12.6. The maximum absolute atomic E-state index is 4.97. The zero-order valence-electron chi connectivity index (χ0n) is 21.6. The molecule has 1 aromatic heterocycles. The molecule has 0 radical (unpaired) electrons. The van der Waals surface area contributed by atoms with Crippen LogP contribution in [0.1, 0.15) is 81.7 Å². The summed E-state index contributed by atoms with van der Waals surface area (Å²) in [6, 6.07) is 13.5. The fraction of sp³-hybridized carbons (Fsp3) is 0.400. The summed E-state index contributed by atoms with van der Waals surface area (Å²) in [4.78, 5) is 4.97. The van der Waals surface area contributed by atoms with Gasteiger partial charge in [0.1, 0.15) is 0 Å². The Kier molecular flexibility index (Phi) is 9.26. The van der Waals surface area contributed by atoms with Gasteiger partial charge in [0.2, 0.25) is 0 Å². The van der Waals surface area contributed by atoms with Crippen LogP contribution < -0.4 is 5.32 Å². The molecule has 1 N–H and O–H groups in total. The van der Waals surface area contributed by atoms with Crippen molar-refractivity contribution in [1.29, 1.82) is 0 Å². The number of benzene rings is 2. The Labute approximate surface area is 205 Å². The van der Waals surface area contributed by atoms with Crippen LogP contribution >= 0.6 is 0 Å². The lowest BCUT2D eigenvalue weighted by molar-refractivity contribution is 0.438. The van der Waals surface area contributed by atoms with Gasteiger partial charge in [-0.3, -0.25) is 4.68 Å². The highest BCUT2D eigenvalue weighted by Crippen LogP contribution is 2.28. The molecule has 180 valence electrons. The molecule has 3 rings (SSSR count). The van der Waals surface area contributed by atoms with Crippen molar-refractivity contribution < 1.29 is 0 Å². The van der Waals surface area contributed by atoms with Crippen molar-refractivity contribution in [2.75, 3.05) is 5.32 Å². The summed E-state index contributed by atoms with van der Waals surface area (Å²) >= 11 is 0. The molecule has 4 heteroatoms. The molecule has 0 aliphatic rings. The van der Waals surface area contributed by atoms with Crippen molar-refractivity contribution in [2.45, 2.75) is 79.2 Å². The highest BCUT2D eigenvalue weighted by Gasteiger charge is 2.10. The van der Waals surface area contributed by atoms with Crippen LogP contribution in [0, 0.1) is 6.92 Å². The van der Waals surface area contributed by atoms with Crippen LogP contribution in [-0.2, 0) is 12.8 Å². The number of aromatic nitrogens is 2. The first kappa shape index (κ1) is 25.5. The highest BCUT2D eigenvalue weighted by molar-refractivity contribution is 6.09. The number of hydrogen-bond donors (Lipinski definition) is 1. The Morgan fingerprint density at radius 1 is 1.06 bits per heavy atom. The first-order valence-electron chi connectivity index (χ1n) is 12.7. The summed E-state index contributed by atoms with van der Waals surface area (Å²) in [5, 5.41) is 8.19. The first-order chi connectivity index (χ1) is 16.5. The Bertz CT molecular complexity index is 1100. The molecule has 1 heterocycles. The van der Waals surface area contributed by atoms with Crippen LogP contribution in [0.25, 0.3) is 0 Å². The van der Waals surface area contributed by atoms with Crippen molar-refractivity contribution in [3.63, 3.8) is 0 Å². The average Bonchev–Trinajstić information content (AvgIpc) is 3.34. The maximum atomic E-state index is 4.97. The molecule has 0 bridgehead atoms. The zero-order valence-corrected chi connectivity index (χ0v) is 21.6. The minimum absolute atomic E-state index is 0.382. The van der Waals surface area contributed by atoms with Gasteiger partial charge in [-0.25, -0.2) is 4.99 Å². The van der Waals surface area contributed by atoms with E-state index in [0.717, 1.165) is 53.2 Å². The van der Waals surface area contributed by atoms with Gasteiger partial charge in [-0.05, 0) is 80.1 Å². The fourth-order valence-corrected chi connectivity index (χ4v) is 4.11. The van der Waals surface area contributed by atoms with Gasteiger partial charge in [0.05, 0.1) is 17.6 Å². The standard InChI is InChI=1S/C30H40N4/c1-7-11-12-13-23(6)34-21-26(20-31-34)29(10-4)33-30-19-27(15-14-22(30)5)32-28-17-24(8-2)16-25(9-3)18-28/h10,14-21,23,32H,4,7-9,11-13H2,1-3,5-6H3/b33-29+. The van der Waals surface area contributed by atoms with E-state index in [-0.39, 0.29) is 0 Å². The maximum Gasteiger partial charge on any atom is 0.0735 e. The number of hydrogen-bond acceptors (Lipinski definition) is 3. The van der Waals surface area contributed by atoms with E-state index < -0.39 is 0 Å². The van der Waals surface area contributed by atoms with Crippen LogP contribution in [0.2, 0.25) is 0 Å². The molecule has 2 aromatic carbocycles. The largest absolute Gasteiger partial charge is 0.355 e. The molecule has 4 nitrogen and oxygen atoms in total. The summed E-state index contributed by atoms with van der Waals surface area (Å²) in [5.41, 5.74) is 8.75. The predicted octanol–water partition coefficient (Wildman–Crippen LogP) is 8.51. The minimum Gasteiger partial charge on any atom is -0.355 e. The van der Waals surface area contributed by atoms with Gasteiger partial charge < -0.3 is 5.32 Å². The summed E-state index contributed by atoms with van der Waals surface area (Å²) in [5.74, 6) is 0. The molecule has 0 saturated carbocycles. The molecule has 0 amide bonds. The average molecular weight is 457 g/mol. The van der Waals surface area contributed by atoms with Crippen molar-refractivity contribution in [1.82, 2.24) is 9.78 Å². The van der Waals surface area contributed by atoms with Gasteiger partial charge in [0, 0.05) is 29.2 Å². The Balaban J connectivity index is 1.83. The van der Waals surface area contributed by atoms with Crippen molar-refractivity contribution in [2.24, 2.45) is 4.99 Å². The van der Waals surface area contributed by atoms with E-state index in [1.165, 1.54) is 30.4 Å². The van der Waals surface area contributed by atoms with Crippen LogP contribution in [0.3, 0.4) is 0 Å². The molecule has 0 fully saturated rings. The number of nitrogens with one attached hydrogen (secondary N) is 1. The van der Waals surface area contributed by atoms with Gasteiger partial charge in [-0.2, -0.15) is 5.10 Å². The molecule has 34 heavy (non-hydrogen) atoms. The van der Waals surface area contributed by atoms with E-state index in [1.807, 2.05) is 12.3 Å². The van der Waals surface area contributed by atoms with E-state index in [2.05, 4.69) is 98.9 Å². The summed E-state index contributed by atoms with van der Waals surface area (Å²) < 4.78 is 2.06. The predicted molar refractivity (Wildman–Crippen MR) is 147 cm³/mol. The zero-order chi connectivity index (χ0) is 24.5. The summed E-state index contributed by atoms with van der Waals surface area (Å²) in [7, 11) is 0. The third-order valence-electron chi connectivity index (χ3n) is 6.38. The van der Waals surface area contributed by atoms with Crippen molar-refractivity contribution in [3.05, 3.63) is 83.7 Å². The number of anilines is 2. The molecular formula is C30H40N4. The van der Waals surface area contributed by atoms with Gasteiger partial charge in [-0.15, -0.1) is 0 Å². The fourth-order valence-electron chi connectivity index (χ4n) is 4.11. The molecule has 0 aliphatic heterocycles. The topological polar surface area (TPSA) is 42.2 Å². The second-order valence-electron chi connectivity index (χ2n) is 9.13. The second kappa shape index (κ2) is 12.4. The van der Waals surface area contributed by atoms with Gasteiger partial charge in [-0.1, -0.05) is 58.7 Å². The lowest BCUT2D eigenvalue weighted by Crippen LogP contribution is -2.05. The van der Waals surface area contributed by atoms with Crippen LogP contribution in [0.5, 0.6) is 0 Å². The smallest absolute Gasteiger partial charge is 0.0735 e. The van der Waals surface area contributed by atoms with E-state index >= 15 is 0 Å². The molecular weight excluding hydrogens is 416 g/mol. The van der Waals surface area contributed by atoms with E-state index in [0.29, 0.717) is 6.04 Å². The molecule has 0 aliphatic carbocycles. The monoisotopic (exact) mass is 456 g/mol. The number of allylic oxidation sites excluding steroid dienone is 1. The number of aryl methyl sites for hydroxylation is 3. The highest BCUT2D eigenvalue weighted by atomic mass is 15.3. The van der Waals surface area contributed by atoms with E-state index in [1.54, 1.807) is 0 Å². The lowest BCUT2D eigenvalue weighted by Gasteiger charge is -2.12. The Hall–Kier alpha value is -3.14. The minimum atomic E-state index is 0.382. The Morgan fingerprint density at radius 3 is 2.44 bits per heavy atom. The van der Waals surface area contributed by atoms with Gasteiger partial charge in [0.25, 0.3) is 0 Å². The molecule has 1 atom stereocenters. The van der Waals surface area contributed by atoms with Crippen molar-refractivity contribution >= 4 is 22.8 Å². The first-order valence-corrected chi connectivity index (χ1v) is 12.7. The van der Waals surface area contributed by atoms with E-state index in [4.69, 9.17) is 4.99 Å². The van der Waals surface area contributed by atoms with Crippen molar-refractivity contribution in [3.8, 4) is 0 Å². The quantitative estimate of drug-likeness (QED) is 0.219. The van der Waals surface area contributed by atoms with Gasteiger partial charge in [0.15, 0.2) is 0 Å². The van der Waals surface area contributed by atoms with E-state index in [9.17, 15) is 0 Å². The molecule has 0 saturated heterocycles. The molecule has 0 spiro atoms. The van der Waals surface area contributed by atoms with Crippen LogP contribution in [-0.4, -0.2) is 15.5 Å². The van der Waals surface area contributed by atoms with Gasteiger partial charge >= 0.3 is 0 Å². The molecule has 1 unspecified atom stereocenters. The molecule has 3 aromatic rings. The number of unbranched alkanes of at least 4 members (excludes halogenated alkanes) is 2. The SMILES string of the molecule is C=C/C(=N\c1cc(Nc2cc(CC)cc(CC)c2)ccc1C)c1cnn(C(C)CCCCC)c1. The Morgan fingerprint density at radius 2 is 1.79 bits per heavy atom. The number of nitrogens with zero attached hydrogens (tertiary/aromatic N) is 3. The van der Waals surface area contributed by atoms with Crippen LogP contribution in [0.4, 0.5) is 17.1 Å². The third kappa shape index (κ3) is 6.69.